The molecule has 0 fully saturated rings. The third-order valence-corrected chi connectivity index (χ3v) is 6.29. The lowest BCUT2D eigenvalue weighted by Gasteiger charge is -2.27. The second-order valence-corrected chi connectivity index (χ2v) is 8.41. The molecule has 0 saturated carbocycles. The Morgan fingerprint density at radius 1 is 0.938 bits per heavy atom. The Kier molecular flexibility index (Phi) is 6.56. The highest BCUT2D eigenvalue weighted by Crippen LogP contribution is 2.30. The predicted octanol–water partition coefficient (Wildman–Crippen LogP) is 5.01. The molecule has 0 unspecified atom stereocenters. The van der Waals surface area contributed by atoms with E-state index in [0.29, 0.717) is 30.6 Å². The number of hydrogen-bond donors (Lipinski definition) is 1. The summed E-state index contributed by atoms with van der Waals surface area (Å²) in [4.78, 5) is 29.9. The fourth-order valence-corrected chi connectivity index (χ4v) is 4.42. The minimum atomic E-state index is -0.241. The van der Waals surface area contributed by atoms with E-state index in [4.69, 9.17) is 0 Å². The Bertz CT molecular complexity index is 1100. The van der Waals surface area contributed by atoms with E-state index < -0.39 is 0 Å². The molecule has 1 aliphatic rings. The number of carbonyl (C=O) groups excluding carboxylic acids is 2. The molecule has 5 heteroatoms. The number of phenolic OH excluding ortho intramolecular Hbond substituents is 1. The molecule has 0 aromatic heterocycles. The van der Waals surface area contributed by atoms with E-state index in [9.17, 15) is 14.7 Å². The van der Waals surface area contributed by atoms with E-state index in [-0.39, 0.29) is 17.6 Å². The second kappa shape index (κ2) is 9.53. The maximum Gasteiger partial charge on any atom is 0.261 e. The standard InChI is InChI=1S/C27H30N2O3/c1-3-5-15-28(4-2)18-21-17-19(12-13-24(21)30)14-16-29-26(31)22-10-6-8-20-9-7-11-23(25(20)22)27(29)32/h6-13,17,30H,3-5,14-16,18H2,1-2H3. The van der Waals surface area contributed by atoms with E-state index in [2.05, 4.69) is 18.7 Å². The number of rotatable bonds is 9. The van der Waals surface area contributed by atoms with Crippen molar-refractivity contribution >= 4 is 22.6 Å². The van der Waals surface area contributed by atoms with Crippen molar-refractivity contribution < 1.29 is 14.7 Å². The van der Waals surface area contributed by atoms with Crippen molar-refractivity contribution in [2.75, 3.05) is 19.6 Å². The van der Waals surface area contributed by atoms with Crippen LogP contribution in [0.3, 0.4) is 0 Å². The molecule has 0 radical (unpaired) electrons. The summed E-state index contributed by atoms with van der Waals surface area (Å²) in [6, 6.07) is 16.7. The van der Waals surface area contributed by atoms with Crippen molar-refractivity contribution in [1.29, 1.82) is 0 Å². The molecule has 1 aliphatic heterocycles. The molecule has 0 bridgehead atoms. The van der Waals surface area contributed by atoms with Crippen molar-refractivity contribution in [1.82, 2.24) is 9.80 Å². The number of imide groups is 1. The number of amides is 2. The smallest absolute Gasteiger partial charge is 0.261 e. The Labute approximate surface area is 189 Å². The van der Waals surface area contributed by atoms with E-state index in [1.54, 1.807) is 18.2 Å². The molecule has 1 N–H and O–H groups in total. The molecule has 4 rings (SSSR count). The molecule has 3 aromatic carbocycles. The van der Waals surface area contributed by atoms with Gasteiger partial charge in [-0.1, -0.05) is 56.7 Å². The van der Waals surface area contributed by atoms with Gasteiger partial charge >= 0.3 is 0 Å². The fourth-order valence-electron chi connectivity index (χ4n) is 4.42. The quantitative estimate of drug-likeness (QED) is 0.485. The average molecular weight is 431 g/mol. The molecule has 5 nitrogen and oxygen atoms in total. The van der Waals surface area contributed by atoms with Crippen LogP contribution < -0.4 is 0 Å². The van der Waals surface area contributed by atoms with Gasteiger partial charge in [-0.25, -0.2) is 0 Å². The van der Waals surface area contributed by atoms with E-state index in [1.165, 1.54) is 4.90 Å². The third kappa shape index (κ3) is 4.26. The van der Waals surface area contributed by atoms with Crippen LogP contribution in [0.5, 0.6) is 5.75 Å². The van der Waals surface area contributed by atoms with Crippen LogP contribution in [-0.4, -0.2) is 46.4 Å². The number of nitrogens with zero attached hydrogens (tertiary/aromatic N) is 2. The number of unbranched alkanes of at least 4 members (excludes halogenated alkanes) is 1. The second-order valence-electron chi connectivity index (χ2n) is 8.41. The Morgan fingerprint density at radius 3 is 2.25 bits per heavy atom. The molecule has 166 valence electrons. The highest BCUT2D eigenvalue weighted by Gasteiger charge is 2.32. The Morgan fingerprint density at radius 2 is 1.62 bits per heavy atom. The minimum absolute atomic E-state index is 0.241. The zero-order chi connectivity index (χ0) is 22.7. The lowest BCUT2D eigenvalue weighted by molar-refractivity contribution is 0.0612. The first-order valence-corrected chi connectivity index (χ1v) is 11.4. The van der Waals surface area contributed by atoms with Crippen LogP contribution in [0.2, 0.25) is 0 Å². The lowest BCUT2D eigenvalue weighted by Crippen LogP contribution is -2.41. The van der Waals surface area contributed by atoms with Crippen molar-refractivity contribution in [2.45, 2.75) is 39.7 Å². The monoisotopic (exact) mass is 430 g/mol. The Balaban J connectivity index is 1.51. The molecule has 2 amide bonds. The number of phenols is 1. The minimum Gasteiger partial charge on any atom is -0.508 e. The van der Waals surface area contributed by atoms with Crippen molar-refractivity contribution in [3.63, 3.8) is 0 Å². The number of benzene rings is 3. The first-order chi connectivity index (χ1) is 15.5. The van der Waals surface area contributed by atoms with Crippen molar-refractivity contribution in [3.8, 4) is 5.75 Å². The fraction of sp³-hybridized carbons (Fsp3) is 0.333. The van der Waals surface area contributed by atoms with Crippen LogP contribution >= 0.6 is 0 Å². The first kappa shape index (κ1) is 22.0. The molecular formula is C27H30N2O3. The van der Waals surface area contributed by atoms with Gasteiger partial charge in [-0.05, 0) is 55.1 Å². The molecule has 3 aromatic rings. The predicted molar refractivity (Wildman–Crippen MR) is 127 cm³/mol. The van der Waals surface area contributed by atoms with Crippen LogP contribution in [0, 0.1) is 0 Å². The summed E-state index contributed by atoms with van der Waals surface area (Å²) in [6.45, 7) is 7.22. The normalized spacial score (nSPS) is 13.4. The van der Waals surface area contributed by atoms with Gasteiger partial charge in [0.05, 0.1) is 0 Å². The van der Waals surface area contributed by atoms with Crippen LogP contribution in [0.1, 0.15) is 58.5 Å². The van der Waals surface area contributed by atoms with Gasteiger partial charge in [-0.3, -0.25) is 19.4 Å². The van der Waals surface area contributed by atoms with Gasteiger partial charge in [0.1, 0.15) is 5.75 Å². The van der Waals surface area contributed by atoms with Gasteiger partial charge in [0.25, 0.3) is 11.8 Å². The van der Waals surface area contributed by atoms with Crippen molar-refractivity contribution in [3.05, 3.63) is 76.9 Å². The third-order valence-electron chi connectivity index (χ3n) is 6.29. The summed E-state index contributed by atoms with van der Waals surface area (Å²) in [5.74, 6) is -0.195. The lowest BCUT2D eigenvalue weighted by atomic mass is 9.94. The highest BCUT2D eigenvalue weighted by molar-refractivity contribution is 6.25. The Hall–Kier alpha value is -3.18. The summed E-state index contributed by atoms with van der Waals surface area (Å²) in [5, 5.41) is 12.0. The molecule has 0 saturated heterocycles. The van der Waals surface area contributed by atoms with Crippen LogP contribution in [0.15, 0.2) is 54.6 Å². The van der Waals surface area contributed by atoms with E-state index >= 15 is 0 Å². The van der Waals surface area contributed by atoms with Gasteiger partial charge < -0.3 is 5.11 Å². The highest BCUT2D eigenvalue weighted by atomic mass is 16.3. The topological polar surface area (TPSA) is 60.9 Å². The van der Waals surface area contributed by atoms with E-state index in [0.717, 1.165) is 47.8 Å². The van der Waals surface area contributed by atoms with E-state index in [1.807, 2.05) is 36.4 Å². The van der Waals surface area contributed by atoms with Gasteiger partial charge in [0.2, 0.25) is 0 Å². The molecular weight excluding hydrogens is 400 g/mol. The maximum atomic E-state index is 13.1. The van der Waals surface area contributed by atoms with Gasteiger partial charge in [-0.15, -0.1) is 0 Å². The number of aromatic hydroxyl groups is 1. The van der Waals surface area contributed by atoms with Gasteiger partial charge in [-0.2, -0.15) is 0 Å². The number of carbonyl (C=O) groups is 2. The number of hydrogen-bond acceptors (Lipinski definition) is 4. The van der Waals surface area contributed by atoms with Crippen LogP contribution in [0.4, 0.5) is 0 Å². The largest absolute Gasteiger partial charge is 0.508 e. The van der Waals surface area contributed by atoms with Crippen LogP contribution in [-0.2, 0) is 13.0 Å². The molecule has 0 spiro atoms. The van der Waals surface area contributed by atoms with Gasteiger partial charge in [0, 0.05) is 35.2 Å². The molecule has 1 heterocycles. The summed E-state index contributed by atoms with van der Waals surface area (Å²) in [7, 11) is 0. The summed E-state index contributed by atoms with van der Waals surface area (Å²) in [5.41, 5.74) is 3.05. The molecule has 0 aliphatic carbocycles. The maximum absolute atomic E-state index is 13.1. The zero-order valence-corrected chi connectivity index (χ0v) is 18.8. The van der Waals surface area contributed by atoms with Crippen molar-refractivity contribution in [2.24, 2.45) is 0 Å². The molecule has 0 atom stereocenters. The summed E-state index contributed by atoms with van der Waals surface area (Å²) >= 11 is 0. The summed E-state index contributed by atoms with van der Waals surface area (Å²) < 4.78 is 0. The van der Waals surface area contributed by atoms with Gasteiger partial charge in [0.15, 0.2) is 0 Å². The zero-order valence-electron chi connectivity index (χ0n) is 18.8. The molecule has 32 heavy (non-hydrogen) atoms. The van der Waals surface area contributed by atoms with Crippen LogP contribution in [0.25, 0.3) is 10.8 Å². The average Bonchev–Trinajstić information content (AvgIpc) is 2.81. The SMILES string of the molecule is CCCCN(CC)Cc1cc(CCN2C(=O)c3cccc4cccc(c34)C2=O)ccc1O. The first-order valence-electron chi connectivity index (χ1n) is 11.4. The summed E-state index contributed by atoms with van der Waals surface area (Å²) in [6.07, 6.45) is 2.81.